The van der Waals surface area contributed by atoms with Crippen LogP contribution in [0.15, 0.2) is 29.7 Å². The van der Waals surface area contributed by atoms with E-state index in [9.17, 15) is 0 Å². The number of rotatable bonds is 1. The van der Waals surface area contributed by atoms with Crippen molar-refractivity contribution in [1.82, 2.24) is 4.98 Å². The van der Waals surface area contributed by atoms with Gasteiger partial charge in [-0.25, -0.2) is 0 Å². The predicted molar refractivity (Wildman–Crippen MR) is 75.3 cm³/mol. The van der Waals surface area contributed by atoms with E-state index in [1.807, 2.05) is 12.3 Å². The first-order valence-corrected chi connectivity index (χ1v) is 7.18. The Morgan fingerprint density at radius 1 is 1.37 bits per heavy atom. The van der Waals surface area contributed by atoms with Crippen molar-refractivity contribution in [3.63, 3.8) is 0 Å². The molecule has 1 atom stereocenters. The van der Waals surface area contributed by atoms with E-state index in [-0.39, 0.29) is 5.60 Å². The summed E-state index contributed by atoms with van der Waals surface area (Å²) in [5.74, 6) is 0.686. The molecule has 3 fully saturated rings. The Morgan fingerprint density at radius 3 is 2.89 bits per heavy atom. The fourth-order valence-electron chi connectivity index (χ4n) is 4.14. The Balaban J connectivity index is 1.61. The topological polar surface area (TPSA) is 34.5 Å². The van der Waals surface area contributed by atoms with Gasteiger partial charge < -0.3 is 9.23 Å². The SMILES string of the molecule is B[N+]12CCC(CC1)C1(CC(c3cccnc3)=NO1)C2. The fraction of sp³-hybridized carbons (Fsp3) is 0.571. The van der Waals surface area contributed by atoms with Crippen molar-refractivity contribution < 1.29 is 9.23 Å². The summed E-state index contributed by atoms with van der Waals surface area (Å²) < 4.78 is 1.16. The van der Waals surface area contributed by atoms with E-state index in [1.54, 1.807) is 6.20 Å². The molecule has 1 aromatic heterocycles. The van der Waals surface area contributed by atoms with Crippen molar-refractivity contribution in [2.24, 2.45) is 11.1 Å². The third-order valence-electron chi connectivity index (χ3n) is 5.23. The number of hydrogen-bond acceptors (Lipinski definition) is 3. The van der Waals surface area contributed by atoms with Gasteiger partial charge in [0.2, 0.25) is 0 Å². The van der Waals surface area contributed by atoms with Gasteiger partial charge in [-0.3, -0.25) is 4.98 Å². The lowest BCUT2D eigenvalue weighted by atomic mass is 9.69. The maximum Gasteiger partial charge on any atom is 0.373 e. The summed E-state index contributed by atoms with van der Waals surface area (Å²) in [6, 6.07) is 4.04. The summed E-state index contributed by atoms with van der Waals surface area (Å²) in [5.41, 5.74) is 2.16. The monoisotopic (exact) mass is 256 g/mol. The lowest BCUT2D eigenvalue weighted by Gasteiger charge is -2.55. The summed E-state index contributed by atoms with van der Waals surface area (Å²) >= 11 is 0. The van der Waals surface area contributed by atoms with Crippen LogP contribution in [0.3, 0.4) is 0 Å². The summed E-state index contributed by atoms with van der Waals surface area (Å²) in [5, 5.41) is 4.40. The Hall–Kier alpha value is -1.36. The molecule has 4 nitrogen and oxygen atoms in total. The maximum atomic E-state index is 5.99. The van der Waals surface area contributed by atoms with E-state index >= 15 is 0 Å². The summed E-state index contributed by atoms with van der Waals surface area (Å²) in [7, 11) is 2.36. The molecule has 0 amide bonds. The molecule has 98 valence electrons. The Bertz CT molecular complexity index is 525. The number of hydrogen-bond donors (Lipinski definition) is 0. The van der Waals surface area contributed by atoms with Crippen LogP contribution in [-0.4, -0.2) is 48.3 Å². The van der Waals surface area contributed by atoms with Crippen LogP contribution < -0.4 is 0 Å². The third-order valence-corrected chi connectivity index (χ3v) is 5.23. The number of piperidine rings is 3. The normalized spacial score (nSPS) is 40.2. The highest BCUT2D eigenvalue weighted by atomic mass is 16.7. The Labute approximate surface area is 114 Å². The second-order valence-electron chi connectivity index (χ2n) is 6.61. The molecule has 1 spiro atoms. The summed E-state index contributed by atoms with van der Waals surface area (Å²) in [4.78, 5) is 10.2. The van der Waals surface area contributed by atoms with Crippen LogP contribution >= 0.6 is 0 Å². The van der Waals surface area contributed by atoms with Crippen LogP contribution in [0, 0.1) is 5.92 Å². The Kier molecular flexibility index (Phi) is 2.31. The molecular formula is C14H19BN3O+. The molecule has 0 aliphatic carbocycles. The fourth-order valence-corrected chi connectivity index (χ4v) is 4.14. The van der Waals surface area contributed by atoms with Gasteiger partial charge in [0.15, 0.2) is 5.60 Å². The zero-order valence-electron chi connectivity index (χ0n) is 11.4. The average Bonchev–Trinajstić information content (AvgIpc) is 2.84. The molecule has 0 aromatic carbocycles. The molecule has 3 saturated heterocycles. The molecule has 5 heteroatoms. The zero-order valence-corrected chi connectivity index (χ0v) is 11.4. The maximum absolute atomic E-state index is 5.99. The third kappa shape index (κ3) is 1.71. The quantitative estimate of drug-likeness (QED) is 0.694. The smallest absolute Gasteiger partial charge is 0.373 e. The summed E-state index contributed by atoms with van der Waals surface area (Å²) in [6.45, 7) is 3.72. The highest BCUT2D eigenvalue weighted by Gasteiger charge is 2.57. The molecule has 1 unspecified atom stereocenters. The lowest BCUT2D eigenvalue weighted by Crippen LogP contribution is -2.68. The number of nitrogens with zero attached hydrogens (tertiary/aromatic N) is 3. The molecule has 5 rings (SSSR count). The molecule has 19 heavy (non-hydrogen) atoms. The van der Waals surface area contributed by atoms with E-state index < -0.39 is 0 Å². The first-order valence-electron chi connectivity index (χ1n) is 7.18. The molecule has 5 heterocycles. The highest BCUT2D eigenvalue weighted by Crippen LogP contribution is 2.46. The van der Waals surface area contributed by atoms with Crippen LogP contribution in [0.2, 0.25) is 0 Å². The largest absolute Gasteiger partial charge is 0.396 e. The first-order chi connectivity index (χ1) is 9.19. The first kappa shape index (κ1) is 11.5. The van der Waals surface area contributed by atoms with Gasteiger partial charge in [0, 0.05) is 43.1 Å². The van der Waals surface area contributed by atoms with E-state index in [2.05, 4.69) is 24.2 Å². The van der Waals surface area contributed by atoms with Crippen molar-refractivity contribution in [2.75, 3.05) is 19.6 Å². The molecule has 1 aromatic rings. The second kappa shape index (κ2) is 3.82. The minimum Gasteiger partial charge on any atom is -0.396 e. The Morgan fingerprint density at radius 2 is 2.21 bits per heavy atom. The van der Waals surface area contributed by atoms with Gasteiger partial charge in [-0.15, -0.1) is 0 Å². The minimum atomic E-state index is -0.0313. The van der Waals surface area contributed by atoms with Crippen molar-refractivity contribution in [2.45, 2.75) is 24.9 Å². The molecule has 4 aliphatic rings. The molecule has 2 bridgehead atoms. The molecule has 0 saturated carbocycles. The van der Waals surface area contributed by atoms with E-state index in [0.717, 1.165) is 28.6 Å². The number of fused-ring (bicyclic) bond motifs is 2. The second-order valence-corrected chi connectivity index (χ2v) is 6.61. The van der Waals surface area contributed by atoms with Gasteiger partial charge in [0.25, 0.3) is 0 Å². The summed E-state index contributed by atoms with van der Waals surface area (Å²) in [6.07, 6.45) is 7.21. The van der Waals surface area contributed by atoms with Crippen LogP contribution in [0.5, 0.6) is 0 Å². The molecule has 0 radical (unpaired) electrons. The van der Waals surface area contributed by atoms with Crippen LogP contribution in [0.4, 0.5) is 0 Å². The number of pyridine rings is 1. The van der Waals surface area contributed by atoms with Crippen LogP contribution in [0.25, 0.3) is 0 Å². The van der Waals surface area contributed by atoms with Gasteiger partial charge in [-0.2, -0.15) is 0 Å². The number of oxime groups is 1. The lowest BCUT2D eigenvalue weighted by molar-refractivity contribution is -0.846. The minimum absolute atomic E-state index is 0.0313. The predicted octanol–water partition coefficient (Wildman–Crippen LogP) is 0.733. The highest BCUT2D eigenvalue weighted by molar-refractivity contribution is 6.01. The molecule has 4 aliphatic heterocycles. The van der Waals surface area contributed by atoms with Gasteiger partial charge in [-0.1, -0.05) is 5.16 Å². The van der Waals surface area contributed by atoms with Crippen LogP contribution in [-0.2, 0) is 4.84 Å². The average molecular weight is 256 g/mol. The van der Waals surface area contributed by atoms with Gasteiger partial charge in [-0.05, 0) is 12.1 Å². The van der Waals surface area contributed by atoms with Gasteiger partial charge in [0.1, 0.15) is 6.54 Å². The van der Waals surface area contributed by atoms with Crippen molar-refractivity contribution >= 4 is 13.7 Å². The van der Waals surface area contributed by atoms with Crippen molar-refractivity contribution in [1.29, 1.82) is 0 Å². The van der Waals surface area contributed by atoms with E-state index in [1.165, 1.54) is 25.9 Å². The van der Waals surface area contributed by atoms with Gasteiger partial charge in [0.05, 0.1) is 18.8 Å². The standard InChI is InChI=1S/C14H19BN3O/c15-18-6-3-12(4-7-18)14(10-18)8-13(17-19-14)11-2-1-5-16-9-11/h1-2,5,9,12H,3-4,6-8,10,15H2/q+1. The van der Waals surface area contributed by atoms with Gasteiger partial charge >= 0.3 is 7.98 Å². The van der Waals surface area contributed by atoms with E-state index in [4.69, 9.17) is 4.84 Å². The number of aromatic nitrogens is 1. The van der Waals surface area contributed by atoms with Crippen LogP contribution in [0.1, 0.15) is 24.8 Å². The van der Waals surface area contributed by atoms with E-state index in [0.29, 0.717) is 5.92 Å². The number of quaternary nitrogens is 1. The van der Waals surface area contributed by atoms with Crippen molar-refractivity contribution in [3.8, 4) is 0 Å². The zero-order chi connectivity index (χ0) is 12.9. The molecular weight excluding hydrogens is 237 g/mol. The van der Waals surface area contributed by atoms with Crippen molar-refractivity contribution in [3.05, 3.63) is 30.1 Å². The molecule has 0 N–H and O–H groups in total.